The summed E-state index contributed by atoms with van der Waals surface area (Å²) in [4.78, 5) is 28.4. The van der Waals surface area contributed by atoms with Crippen LogP contribution in [-0.4, -0.2) is 33.0 Å². The summed E-state index contributed by atoms with van der Waals surface area (Å²) in [6, 6.07) is 16.9. The maximum atomic E-state index is 12.8. The number of H-pyrrole nitrogens is 2. The molecule has 0 aliphatic rings. The van der Waals surface area contributed by atoms with E-state index < -0.39 is 12.1 Å². The van der Waals surface area contributed by atoms with E-state index in [0.29, 0.717) is 16.8 Å². The van der Waals surface area contributed by atoms with Crippen molar-refractivity contribution in [3.8, 4) is 11.3 Å². The van der Waals surface area contributed by atoms with Gasteiger partial charge in [-0.3, -0.25) is 9.89 Å². The number of fused-ring (bicyclic) bond motifs is 1. The van der Waals surface area contributed by atoms with Crippen LogP contribution in [0.3, 0.4) is 0 Å². The zero-order chi connectivity index (χ0) is 18.8. The third-order valence-corrected chi connectivity index (χ3v) is 4.43. The van der Waals surface area contributed by atoms with Crippen LogP contribution in [-0.2, 0) is 4.74 Å². The molecule has 0 radical (unpaired) electrons. The zero-order valence-corrected chi connectivity index (χ0v) is 14.6. The molecule has 2 N–H and O–H groups in total. The number of carbonyl (C=O) groups excluding carboxylic acids is 2. The maximum Gasteiger partial charge on any atom is 0.342 e. The molecule has 27 heavy (non-hydrogen) atoms. The standard InChI is InChI=1S/C21H17N3O3/c1-13(20(25)16-11-22-18-10-6-5-9-15(16)18)27-21(26)17-12-23-24-19(17)14-7-3-2-4-8-14/h2-13,22H,1H3,(H,23,24)/t13-/m1/s1. The van der Waals surface area contributed by atoms with E-state index in [1.807, 2.05) is 54.6 Å². The van der Waals surface area contributed by atoms with Gasteiger partial charge < -0.3 is 9.72 Å². The summed E-state index contributed by atoms with van der Waals surface area (Å²) < 4.78 is 5.43. The second kappa shape index (κ2) is 6.92. The highest BCUT2D eigenvalue weighted by Crippen LogP contribution is 2.23. The Morgan fingerprint density at radius 2 is 1.74 bits per heavy atom. The Hall–Kier alpha value is -3.67. The lowest BCUT2D eigenvalue weighted by Gasteiger charge is -2.12. The van der Waals surface area contributed by atoms with Crippen molar-refractivity contribution in [2.24, 2.45) is 0 Å². The Labute approximate surface area is 155 Å². The second-order valence-corrected chi connectivity index (χ2v) is 6.18. The van der Waals surface area contributed by atoms with Gasteiger partial charge in [-0.1, -0.05) is 48.5 Å². The van der Waals surface area contributed by atoms with Gasteiger partial charge in [-0.2, -0.15) is 5.10 Å². The van der Waals surface area contributed by atoms with Crippen LogP contribution in [0.4, 0.5) is 0 Å². The number of para-hydroxylation sites is 1. The van der Waals surface area contributed by atoms with Gasteiger partial charge in [0.2, 0.25) is 5.78 Å². The fourth-order valence-electron chi connectivity index (χ4n) is 3.04. The number of nitrogens with one attached hydrogen (secondary N) is 2. The highest BCUT2D eigenvalue weighted by atomic mass is 16.5. The lowest BCUT2D eigenvalue weighted by molar-refractivity contribution is 0.0320. The van der Waals surface area contributed by atoms with Crippen molar-refractivity contribution < 1.29 is 14.3 Å². The third kappa shape index (κ3) is 3.13. The largest absolute Gasteiger partial charge is 0.451 e. The van der Waals surface area contributed by atoms with Crippen LogP contribution in [0, 0.1) is 0 Å². The van der Waals surface area contributed by atoms with Crippen molar-refractivity contribution in [3.05, 3.63) is 78.1 Å². The average Bonchev–Trinajstić information content (AvgIpc) is 3.35. The van der Waals surface area contributed by atoms with Crippen molar-refractivity contribution in [2.75, 3.05) is 0 Å². The lowest BCUT2D eigenvalue weighted by Crippen LogP contribution is -2.24. The molecule has 0 spiro atoms. The van der Waals surface area contributed by atoms with Crippen molar-refractivity contribution >= 4 is 22.7 Å². The van der Waals surface area contributed by atoms with E-state index in [-0.39, 0.29) is 5.78 Å². The third-order valence-electron chi connectivity index (χ3n) is 4.43. The number of aromatic amines is 2. The molecule has 4 aromatic rings. The highest BCUT2D eigenvalue weighted by molar-refractivity contribution is 6.10. The van der Waals surface area contributed by atoms with Gasteiger partial charge in [0.15, 0.2) is 6.10 Å². The number of esters is 1. The van der Waals surface area contributed by atoms with Crippen LogP contribution in [0.2, 0.25) is 0 Å². The molecule has 134 valence electrons. The summed E-state index contributed by atoms with van der Waals surface area (Å²) in [6.07, 6.45) is 2.13. The van der Waals surface area contributed by atoms with Gasteiger partial charge in [0.25, 0.3) is 0 Å². The monoisotopic (exact) mass is 359 g/mol. The quantitative estimate of drug-likeness (QED) is 0.417. The Morgan fingerprint density at radius 1 is 1.00 bits per heavy atom. The van der Waals surface area contributed by atoms with Crippen LogP contribution in [0.15, 0.2) is 67.0 Å². The summed E-state index contributed by atoms with van der Waals surface area (Å²) >= 11 is 0. The van der Waals surface area contributed by atoms with E-state index in [4.69, 9.17) is 4.74 Å². The number of aromatic nitrogens is 3. The molecular formula is C21H17N3O3. The van der Waals surface area contributed by atoms with E-state index in [9.17, 15) is 9.59 Å². The van der Waals surface area contributed by atoms with Gasteiger partial charge in [0.1, 0.15) is 5.56 Å². The molecule has 2 aromatic carbocycles. The van der Waals surface area contributed by atoms with Crippen molar-refractivity contribution in [2.45, 2.75) is 13.0 Å². The van der Waals surface area contributed by atoms with E-state index in [0.717, 1.165) is 16.5 Å². The van der Waals surface area contributed by atoms with E-state index in [1.165, 1.54) is 6.20 Å². The molecule has 0 aliphatic heterocycles. The first kappa shape index (κ1) is 16.8. The molecule has 0 saturated heterocycles. The molecule has 0 amide bonds. The smallest absolute Gasteiger partial charge is 0.342 e. The minimum absolute atomic E-state index is 0.259. The van der Waals surface area contributed by atoms with Gasteiger partial charge in [-0.15, -0.1) is 0 Å². The first-order valence-electron chi connectivity index (χ1n) is 8.55. The first-order chi connectivity index (χ1) is 13.1. The molecule has 0 aliphatic carbocycles. The summed E-state index contributed by atoms with van der Waals surface area (Å²) in [5.41, 5.74) is 3.03. The number of rotatable bonds is 5. The second-order valence-electron chi connectivity index (χ2n) is 6.18. The number of Topliss-reactive ketones (excluding diaryl/α,β-unsaturated/α-hetero) is 1. The normalized spacial score (nSPS) is 12.0. The van der Waals surface area contributed by atoms with Gasteiger partial charge in [0, 0.05) is 28.2 Å². The molecule has 0 unspecified atom stereocenters. The summed E-state index contributed by atoms with van der Waals surface area (Å²) in [6.45, 7) is 1.57. The minimum Gasteiger partial charge on any atom is -0.451 e. The fourth-order valence-corrected chi connectivity index (χ4v) is 3.04. The lowest BCUT2D eigenvalue weighted by atomic mass is 10.1. The Balaban J connectivity index is 1.55. The number of hydrogen-bond acceptors (Lipinski definition) is 4. The number of ether oxygens (including phenoxy) is 1. The number of carbonyl (C=O) groups is 2. The Bertz CT molecular complexity index is 1110. The van der Waals surface area contributed by atoms with Gasteiger partial charge >= 0.3 is 5.97 Å². The van der Waals surface area contributed by atoms with Crippen molar-refractivity contribution in [3.63, 3.8) is 0 Å². The highest BCUT2D eigenvalue weighted by Gasteiger charge is 2.25. The average molecular weight is 359 g/mol. The predicted octanol–water partition coefficient (Wildman–Crippen LogP) is 3.99. The molecule has 6 nitrogen and oxygen atoms in total. The number of ketones is 1. The van der Waals surface area contributed by atoms with Gasteiger partial charge in [-0.25, -0.2) is 4.79 Å². The topological polar surface area (TPSA) is 87.8 Å². The maximum absolute atomic E-state index is 12.8. The first-order valence-corrected chi connectivity index (χ1v) is 8.55. The fraction of sp³-hybridized carbons (Fsp3) is 0.0952. The van der Waals surface area contributed by atoms with Gasteiger partial charge in [-0.05, 0) is 13.0 Å². The molecular weight excluding hydrogens is 342 g/mol. The molecule has 0 saturated carbocycles. The molecule has 2 heterocycles. The van der Waals surface area contributed by atoms with E-state index in [2.05, 4.69) is 15.2 Å². The van der Waals surface area contributed by atoms with Crippen LogP contribution in [0.25, 0.3) is 22.2 Å². The summed E-state index contributed by atoms with van der Waals surface area (Å²) in [7, 11) is 0. The number of hydrogen-bond donors (Lipinski definition) is 2. The SMILES string of the molecule is C[C@@H](OC(=O)c1cn[nH]c1-c1ccccc1)C(=O)c1c[nH]c2ccccc12. The van der Waals surface area contributed by atoms with Gasteiger partial charge in [0.05, 0.1) is 11.9 Å². The van der Waals surface area contributed by atoms with Crippen molar-refractivity contribution in [1.82, 2.24) is 15.2 Å². The number of nitrogens with zero attached hydrogens (tertiary/aromatic N) is 1. The molecule has 0 fully saturated rings. The van der Waals surface area contributed by atoms with Crippen LogP contribution in [0.5, 0.6) is 0 Å². The number of benzene rings is 2. The van der Waals surface area contributed by atoms with Crippen LogP contribution in [0.1, 0.15) is 27.6 Å². The minimum atomic E-state index is -0.921. The Kier molecular flexibility index (Phi) is 4.30. The predicted molar refractivity (Wildman–Crippen MR) is 102 cm³/mol. The molecule has 4 rings (SSSR count). The van der Waals surface area contributed by atoms with E-state index >= 15 is 0 Å². The summed E-state index contributed by atoms with van der Waals surface area (Å²) in [5.74, 6) is -0.853. The van der Waals surface area contributed by atoms with Crippen LogP contribution < -0.4 is 0 Å². The zero-order valence-electron chi connectivity index (χ0n) is 14.6. The van der Waals surface area contributed by atoms with E-state index in [1.54, 1.807) is 13.1 Å². The van der Waals surface area contributed by atoms with Crippen LogP contribution >= 0.6 is 0 Å². The van der Waals surface area contributed by atoms with Crippen molar-refractivity contribution in [1.29, 1.82) is 0 Å². The summed E-state index contributed by atoms with van der Waals surface area (Å²) in [5, 5.41) is 7.57. The molecule has 1 atom stereocenters. The molecule has 0 bridgehead atoms. The molecule has 2 aromatic heterocycles. The molecule has 6 heteroatoms. The Morgan fingerprint density at radius 3 is 2.56 bits per heavy atom.